The number of hydrogen-bond acceptors (Lipinski definition) is 6. The summed E-state index contributed by atoms with van der Waals surface area (Å²) in [5.41, 5.74) is -0.301. The largest absolute Gasteiger partial charge is 0.486 e. The molecule has 1 atom stereocenters. The van der Waals surface area contributed by atoms with Crippen LogP contribution in [0.2, 0.25) is 0 Å². The van der Waals surface area contributed by atoms with Crippen LogP contribution in [0, 0.1) is 0 Å². The zero-order chi connectivity index (χ0) is 23.4. The second-order valence-electron chi connectivity index (χ2n) is 8.56. The molecule has 0 unspecified atom stereocenters. The Hall–Kier alpha value is -4.33. The summed E-state index contributed by atoms with van der Waals surface area (Å²) >= 11 is 0. The van der Waals surface area contributed by atoms with Gasteiger partial charge >= 0.3 is 11.7 Å². The fraction of sp³-hybridized carbons (Fsp3) is 0.192. The predicted octanol–water partition coefficient (Wildman–Crippen LogP) is 3.68. The van der Waals surface area contributed by atoms with Gasteiger partial charge in [0.15, 0.2) is 11.5 Å². The summed E-state index contributed by atoms with van der Waals surface area (Å²) in [6, 6.07) is 17.3. The second kappa shape index (κ2) is 7.34. The lowest BCUT2D eigenvalue weighted by Crippen LogP contribution is -2.41. The molecular weight excluding hydrogens is 436 g/mol. The highest BCUT2D eigenvalue weighted by Gasteiger charge is 2.49. The highest BCUT2D eigenvalue weighted by molar-refractivity contribution is 6.09. The fourth-order valence-electron chi connectivity index (χ4n) is 4.71. The van der Waals surface area contributed by atoms with Crippen molar-refractivity contribution < 1.29 is 23.5 Å². The van der Waals surface area contributed by atoms with Gasteiger partial charge in [-0.3, -0.25) is 9.69 Å². The minimum atomic E-state index is -1.29. The first kappa shape index (κ1) is 20.3. The van der Waals surface area contributed by atoms with Gasteiger partial charge in [-0.1, -0.05) is 36.4 Å². The Bertz CT molecular complexity index is 1560. The van der Waals surface area contributed by atoms with E-state index in [-0.39, 0.29) is 6.54 Å². The van der Waals surface area contributed by atoms with E-state index in [9.17, 15) is 14.4 Å². The van der Waals surface area contributed by atoms with Gasteiger partial charge < -0.3 is 19.2 Å². The number of benzene rings is 3. The number of carbonyl (C=O) groups is 2. The summed E-state index contributed by atoms with van der Waals surface area (Å²) < 4.78 is 16.6. The van der Waals surface area contributed by atoms with Crippen molar-refractivity contribution in [2.24, 2.45) is 0 Å². The molecule has 2 aliphatic heterocycles. The van der Waals surface area contributed by atoms with Crippen molar-refractivity contribution in [1.29, 1.82) is 0 Å². The van der Waals surface area contributed by atoms with Gasteiger partial charge in [-0.25, -0.2) is 9.59 Å². The number of carbonyl (C=O) groups excluding carboxylic acids is 2. The molecule has 3 amide bonds. The molecule has 0 bridgehead atoms. The van der Waals surface area contributed by atoms with Crippen molar-refractivity contribution in [3.8, 4) is 11.5 Å². The summed E-state index contributed by atoms with van der Waals surface area (Å²) in [5, 5.41) is 5.35. The molecule has 8 nitrogen and oxygen atoms in total. The highest BCUT2D eigenvalue weighted by atomic mass is 16.6. The molecule has 3 heterocycles. The molecule has 0 radical (unpaired) electrons. The van der Waals surface area contributed by atoms with E-state index >= 15 is 0 Å². The second-order valence-corrected chi connectivity index (χ2v) is 8.56. The quantitative estimate of drug-likeness (QED) is 0.287. The lowest BCUT2D eigenvalue weighted by molar-refractivity contribution is -0.131. The molecular formula is C26H20N2O6. The number of nitrogens with one attached hydrogen (secondary N) is 1. The molecule has 8 heteroatoms. The van der Waals surface area contributed by atoms with E-state index in [0.717, 1.165) is 15.7 Å². The van der Waals surface area contributed by atoms with E-state index in [1.165, 1.54) is 6.07 Å². The smallest absolute Gasteiger partial charge is 0.336 e. The normalized spacial score (nSPS) is 19.6. The van der Waals surface area contributed by atoms with Crippen LogP contribution in [0.4, 0.5) is 4.79 Å². The molecule has 0 saturated carbocycles. The van der Waals surface area contributed by atoms with Crippen LogP contribution in [0.1, 0.15) is 18.1 Å². The Labute approximate surface area is 193 Å². The van der Waals surface area contributed by atoms with Gasteiger partial charge in [0.2, 0.25) is 0 Å². The number of hydrogen-bond donors (Lipinski definition) is 1. The maximum absolute atomic E-state index is 13.6. The van der Waals surface area contributed by atoms with Crippen molar-refractivity contribution in [2.45, 2.75) is 19.0 Å². The van der Waals surface area contributed by atoms with E-state index in [1.807, 2.05) is 30.3 Å². The van der Waals surface area contributed by atoms with Crippen LogP contribution in [0.15, 0.2) is 69.9 Å². The monoisotopic (exact) mass is 456 g/mol. The fourth-order valence-corrected chi connectivity index (χ4v) is 4.71. The first-order valence-corrected chi connectivity index (χ1v) is 10.9. The number of urea groups is 1. The minimum Gasteiger partial charge on any atom is -0.486 e. The van der Waals surface area contributed by atoms with Crippen molar-refractivity contribution in [3.63, 3.8) is 0 Å². The lowest BCUT2D eigenvalue weighted by atomic mass is 9.91. The Kier molecular flexibility index (Phi) is 4.38. The van der Waals surface area contributed by atoms with E-state index < -0.39 is 23.1 Å². The molecule has 170 valence electrons. The van der Waals surface area contributed by atoms with Crippen LogP contribution in [0.3, 0.4) is 0 Å². The van der Waals surface area contributed by atoms with Gasteiger partial charge in [-0.05, 0) is 47.0 Å². The van der Waals surface area contributed by atoms with Crippen LogP contribution in [-0.2, 0) is 16.9 Å². The number of imide groups is 1. The number of amides is 3. The Balaban J connectivity index is 1.41. The topological polar surface area (TPSA) is 98.1 Å². The van der Waals surface area contributed by atoms with Crippen LogP contribution in [0.5, 0.6) is 11.5 Å². The van der Waals surface area contributed by atoms with Crippen LogP contribution < -0.4 is 20.4 Å². The first-order chi connectivity index (χ1) is 16.4. The summed E-state index contributed by atoms with van der Waals surface area (Å²) in [7, 11) is 0. The van der Waals surface area contributed by atoms with E-state index in [4.69, 9.17) is 13.9 Å². The van der Waals surface area contributed by atoms with Gasteiger partial charge in [-0.2, -0.15) is 0 Å². The third-order valence-electron chi connectivity index (χ3n) is 6.44. The van der Waals surface area contributed by atoms with E-state index in [2.05, 4.69) is 5.32 Å². The number of rotatable bonds is 3. The molecule has 2 aliphatic rings. The number of nitrogens with zero attached hydrogens (tertiary/aromatic N) is 1. The Morgan fingerprint density at radius 1 is 0.941 bits per heavy atom. The standard InChI is InChI=1S/C26H20N2O6/c1-26(17-7-9-19-21(13-17)33-11-10-32-19)24(30)28(25(31)27-26)14-16-12-22(29)34-20-8-6-15-4-2-3-5-18(15)23(16)20/h2-9,12-13H,10-11,14H2,1H3,(H,27,31)/t26-/m0/s1. The van der Waals surface area contributed by atoms with Crippen LogP contribution >= 0.6 is 0 Å². The van der Waals surface area contributed by atoms with Crippen LogP contribution in [-0.4, -0.2) is 30.1 Å². The predicted molar refractivity (Wildman–Crippen MR) is 124 cm³/mol. The minimum absolute atomic E-state index is 0.0685. The molecule has 3 aromatic carbocycles. The highest BCUT2D eigenvalue weighted by Crippen LogP contribution is 2.37. The number of fused-ring (bicyclic) bond motifs is 4. The summed E-state index contributed by atoms with van der Waals surface area (Å²) in [6.45, 7) is 2.46. The maximum atomic E-state index is 13.6. The molecule has 0 spiro atoms. The third kappa shape index (κ3) is 3.02. The van der Waals surface area contributed by atoms with Gasteiger partial charge in [0, 0.05) is 11.5 Å². The molecule has 1 N–H and O–H groups in total. The molecule has 4 aromatic rings. The van der Waals surface area contributed by atoms with Gasteiger partial charge in [0.1, 0.15) is 24.3 Å². The average Bonchev–Trinajstić information content (AvgIpc) is 3.07. The Morgan fingerprint density at radius 2 is 1.74 bits per heavy atom. The third-order valence-corrected chi connectivity index (χ3v) is 6.44. The zero-order valence-corrected chi connectivity index (χ0v) is 18.3. The van der Waals surface area contributed by atoms with E-state index in [0.29, 0.717) is 46.8 Å². The van der Waals surface area contributed by atoms with Crippen molar-refractivity contribution in [3.05, 3.63) is 82.2 Å². The Morgan fingerprint density at radius 3 is 2.59 bits per heavy atom. The van der Waals surface area contributed by atoms with Crippen molar-refractivity contribution in [2.75, 3.05) is 13.2 Å². The zero-order valence-electron chi connectivity index (χ0n) is 18.3. The van der Waals surface area contributed by atoms with Crippen LogP contribution in [0.25, 0.3) is 21.7 Å². The van der Waals surface area contributed by atoms with Gasteiger partial charge in [0.05, 0.1) is 6.54 Å². The lowest BCUT2D eigenvalue weighted by Gasteiger charge is -2.25. The summed E-state index contributed by atoms with van der Waals surface area (Å²) in [6.07, 6.45) is 0. The molecule has 0 aliphatic carbocycles. The molecule has 1 fully saturated rings. The first-order valence-electron chi connectivity index (χ1n) is 10.9. The van der Waals surface area contributed by atoms with Gasteiger partial charge in [-0.15, -0.1) is 0 Å². The molecule has 6 rings (SSSR count). The maximum Gasteiger partial charge on any atom is 0.336 e. The SMILES string of the molecule is C[C@@]1(c2ccc3c(c2)OCCO3)NC(=O)N(Cc2cc(=O)oc3ccc4ccccc4c23)C1=O. The molecule has 1 aromatic heterocycles. The number of ether oxygens (including phenoxy) is 2. The molecule has 1 saturated heterocycles. The van der Waals surface area contributed by atoms with Crippen molar-refractivity contribution >= 4 is 33.7 Å². The average molecular weight is 456 g/mol. The summed E-state index contributed by atoms with van der Waals surface area (Å²) in [4.78, 5) is 39.9. The summed E-state index contributed by atoms with van der Waals surface area (Å²) in [5.74, 6) is 0.709. The van der Waals surface area contributed by atoms with Gasteiger partial charge in [0.25, 0.3) is 5.91 Å². The molecule has 34 heavy (non-hydrogen) atoms. The van der Waals surface area contributed by atoms with Crippen molar-refractivity contribution in [1.82, 2.24) is 10.2 Å². The van der Waals surface area contributed by atoms with E-state index in [1.54, 1.807) is 31.2 Å².